The minimum Gasteiger partial charge on any atom is -0.478 e. The average Bonchev–Trinajstić information content (AvgIpc) is 2.51. The Hall–Kier alpha value is -1.23. The minimum atomic E-state index is 0.530. The van der Waals surface area contributed by atoms with Crippen molar-refractivity contribution < 1.29 is 9.47 Å². The summed E-state index contributed by atoms with van der Waals surface area (Å²) in [5.41, 5.74) is 5.44. The van der Waals surface area contributed by atoms with Crippen LogP contribution in [0.5, 0.6) is 11.8 Å². The molecule has 0 saturated heterocycles. The van der Waals surface area contributed by atoms with E-state index in [-0.39, 0.29) is 0 Å². The minimum absolute atomic E-state index is 0.530. The predicted octanol–water partition coefficient (Wildman–Crippen LogP) is 0.329. The van der Waals surface area contributed by atoms with Crippen LogP contribution in [0.15, 0.2) is 0 Å². The number of rotatable bonds is 5. The van der Waals surface area contributed by atoms with Crippen LogP contribution in [0.25, 0.3) is 0 Å². The Bertz CT molecular complexity index is 296. The van der Waals surface area contributed by atoms with E-state index in [1.54, 1.807) is 14.2 Å². The molecule has 0 aliphatic rings. The van der Waals surface area contributed by atoms with Gasteiger partial charge in [0.2, 0.25) is 0 Å². The van der Waals surface area contributed by atoms with Gasteiger partial charge in [0, 0.05) is 13.5 Å². The smallest absolute Gasteiger partial charge is 0.277 e. The van der Waals surface area contributed by atoms with Crippen molar-refractivity contribution in [1.82, 2.24) is 9.55 Å². The number of methoxy groups -OCH3 is 2. The molecule has 0 fully saturated rings. The molecule has 0 radical (unpaired) electrons. The molecule has 0 spiro atoms. The predicted molar refractivity (Wildman–Crippen MR) is 53.7 cm³/mol. The number of aryl methyl sites for hydroxylation is 1. The van der Waals surface area contributed by atoms with Gasteiger partial charge in [0.25, 0.3) is 11.8 Å². The topological polar surface area (TPSA) is 62.3 Å². The first-order valence-corrected chi connectivity index (χ1v) is 4.58. The van der Waals surface area contributed by atoms with Crippen LogP contribution in [0, 0.1) is 0 Å². The second kappa shape index (κ2) is 4.85. The second-order valence-electron chi connectivity index (χ2n) is 3.00. The molecular weight excluding hydrogens is 182 g/mol. The lowest BCUT2D eigenvalue weighted by Gasteiger charge is -2.03. The molecule has 5 nitrogen and oxygen atoms in total. The second-order valence-corrected chi connectivity index (χ2v) is 3.00. The summed E-state index contributed by atoms with van der Waals surface area (Å²) in [6, 6.07) is 0. The number of hydrogen-bond acceptors (Lipinski definition) is 4. The van der Waals surface area contributed by atoms with Gasteiger partial charge in [-0.1, -0.05) is 0 Å². The van der Waals surface area contributed by atoms with Crippen molar-refractivity contribution in [2.45, 2.75) is 12.8 Å². The van der Waals surface area contributed by atoms with E-state index in [1.807, 2.05) is 11.6 Å². The molecule has 5 heteroatoms. The zero-order chi connectivity index (χ0) is 10.6. The lowest BCUT2D eigenvalue weighted by molar-refractivity contribution is 0.331. The van der Waals surface area contributed by atoms with Gasteiger partial charge >= 0.3 is 0 Å². The lowest BCUT2D eigenvalue weighted by Crippen LogP contribution is -2.05. The third-order valence-electron chi connectivity index (χ3n) is 2.10. The van der Waals surface area contributed by atoms with Gasteiger partial charge in [-0.3, -0.25) is 4.57 Å². The third-order valence-corrected chi connectivity index (χ3v) is 2.10. The van der Waals surface area contributed by atoms with Gasteiger partial charge in [0.15, 0.2) is 0 Å². The fourth-order valence-corrected chi connectivity index (χ4v) is 1.34. The zero-order valence-electron chi connectivity index (χ0n) is 8.91. The van der Waals surface area contributed by atoms with E-state index in [4.69, 9.17) is 15.2 Å². The van der Waals surface area contributed by atoms with Gasteiger partial charge in [-0.05, 0) is 13.0 Å². The van der Waals surface area contributed by atoms with E-state index >= 15 is 0 Å². The quantitative estimate of drug-likeness (QED) is 0.742. The van der Waals surface area contributed by atoms with Gasteiger partial charge in [-0.25, -0.2) is 0 Å². The van der Waals surface area contributed by atoms with E-state index in [9.17, 15) is 0 Å². The molecule has 1 aromatic heterocycles. The van der Waals surface area contributed by atoms with E-state index in [0.29, 0.717) is 18.3 Å². The first-order valence-electron chi connectivity index (χ1n) is 4.58. The highest BCUT2D eigenvalue weighted by molar-refractivity contribution is 5.29. The van der Waals surface area contributed by atoms with E-state index in [1.165, 1.54) is 0 Å². The Morgan fingerprint density at radius 3 is 2.50 bits per heavy atom. The van der Waals surface area contributed by atoms with Crippen molar-refractivity contribution in [1.29, 1.82) is 0 Å². The highest BCUT2D eigenvalue weighted by Gasteiger charge is 2.14. The van der Waals surface area contributed by atoms with Crippen molar-refractivity contribution in [3.63, 3.8) is 0 Å². The van der Waals surface area contributed by atoms with Gasteiger partial charge in [-0.15, -0.1) is 0 Å². The number of nitrogens with two attached hydrogens (primary N) is 1. The molecule has 0 aliphatic heterocycles. The summed E-state index contributed by atoms with van der Waals surface area (Å²) in [7, 11) is 5.09. The van der Waals surface area contributed by atoms with Crippen molar-refractivity contribution in [3.8, 4) is 11.8 Å². The van der Waals surface area contributed by atoms with Crippen LogP contribution in [0.1, 0.15) is 12.2 Å². The maximum Gasteiger partial charge on any atom is 0.277 e. The number of imidazole rings is 1. The van der Waals surface area contributed by atoms with Crippen molar-refractivity contribution in [2.75, 3.05) is 20.8 Å². The maximum atomic E-state index is 5.44. The molecule has 14 heavy (non-hydrogen) atoms. The Balaban J connectivity index is 2.89. The number of ether oxygens (including phenoxy) is 2. The average molecular weight is 199 g/mol. The molecule has 0 atom stereocenters. The number of hydrogen-bond donors (Lipinski definition) is 1. The Morgan fingerprint density at radius 1 is 1.36 bits per heavy atom. The molecule has 1 heterocycles. The molecule has 0 aromatic carbocycles. The van der Waals surface area contributed by atoms with Gasteiger partial charge in [0.1, 0.15) is 5.82 Å². The molecule has 1 aromatic rings. The monoisotopic (exact) mass is 199 g/mol. The Labute approximate surface area is 83.8 Å². The summed E-state index contributed by atoms with van der Waals surface area (Å²) >= 11 is 0. The van der Waals surface area contributed by atoms with Crippen molar-refractivity contribution >= 4 is 0 Å². The van der Waals surface area contributed by atoms with Gasteiger partial charge in [0.05, 0.1) is 14.2 Å². The molecule has 2 N–H and O–H groups in total. The zero-order valence-corrected chi connectivity index (χ0v) is 8.91. The molecule has 0 aliphatic carbocycles. The van der Waals surface area contributed by atoms with E-state index < -0.39 is 0 Å². The van der Waals surface area contributed by atoms with Crippen LogP contribution in [-0.4, -0.2) is 30.3 Å². The van der Waals surface area contributed by atoms with Crippen LogP contribution in [-0.2, 0) is 13.5 Å². The SMILES string of the molecule is COc1nc(CCCN)n(C)c1OC. The number of nitrogens with zero attached hydrogens (tertiary/aromatic N) is 2. The van der Waals surface area contributed by atoms with E-state index in [0.717, 1.165) is 18.7 Å². The van der Waals surface area contributed by atoms with Crippen LogP contribution in [0.2, 0.25) is 0 Å². The van der Waals surface area contributed by atoms with Crippen molar-refractivity contribution in [3.05, 3.63) is 5.82 Å². The largest absolute Gasteiger partial charge is 0.478 e. The summed E-state index contributed by atoms with van der Waals surface area (Å²) in [5, 5.41) is 0. The van der Waals surface area contributed by atoms with Crippen LogP contribution < -0.4 is 15.2 Å². The molecule has 1 rings (SSSR count). The Kier molecular flexibility index (Phi) is 3.76. The van der Waals surface area contributed by atoms with E-state index in [2.05, 4.69) is 4.98 Å². The normalized spacial score (nSPS) is 10.3. The molecule has 0 unspecified atom stereocenters. The lowest BCUT2D eigenvalue weighted by atomic mass is 10.3. The molecule has 0 bridgehead atoms. The third kappa shape index (κ3) is 1.98. The molecular formula is C9H17N3O2. The summed E-state index contributed by atoms with van der Waals surface area (Å²) < 4.78 is 12.1. The maximum absolute atomic E-state index is 5.44. The van der Waals surface area contributed by atoms with Crippen LogP contribution in [0.4, 0.5) is 0 Å². The molecule has 0 saturated carbocycles. The standard InChI is InChI=1S/C9H17N3O2/c1-12-7(5-4-6-10)11-8(13-2)9(12)14-3/h4-6,10H2,1-3H3. The fourth-order valence-electron chi connectivity index (χ4n) is 1.34. The summed E-state index contributed by atoms with van der Waals surface area (Å²) in [6.07, 6.45) is 1.75. The summed E-state index contributed by atoms with van der Waals surface area (Å²) in [5.74, 6) is 2.12. The molecule has 0 amide bonds. The van der Waals surface area contributed by atoms with Crippen molar-refractivity contribution in [2.24, 2.45) is 12.8 Å². The summed E-state index contributed by atoms with van der Waals surface area (Å²) in [6.45, 7) is 0.664. The van der Waals surface area contributed by atoms with Gasteiger partial charge < -0.3 is 15.2 Å². The fraction of sp³-hybridized carbons (Fsp3) is 0.667. The first kappa shape index (κ1) is 10.8. The van der Waals surface area contributed by atoms with Crippen LogP contribution >= 0.6 is 0 Å². The highest BCUT2D eigenvalue weighted by Crippen LogP contribution is 2.26. The highest BCUT2D eigenvalue weighted by atomic mass is 16.5. The molecule has 80 valence electrons. The first-order chi connectivity index (χ1) is 6.74. The number of aromatic nitrogens is 2. The Morgan fingerprint density at radius 2 is 2.07 bits per heavy atom. The van der Waals surface area contributed by atoms with Crippen LogP contribution in [0.3, 0.4) is 0 Å². The summed E-state index contributed by atoms with van der Waals surface area (Å²) in [4.78, 5) is 4.30. The van der Waals surface area contributed by atoms with Gasteiger partial charge in [-0.2, -0.15) is 4.98 Å².